The van der Waals surface area contributed by atoms with Crippen molar-refractivity contribution in [3.05, 3.63) is 16.6 Å². The van der Waals surface area contributed by atoms with Gasteiger partial charge in [-0.15, -0.1) is 11.3 Å². The molecule has 0 saturated heterocycles. The van der Waals surface area contributed by atoms with Crippen molar-refractivity contribution in [3.63, 3.8) is 0 Å². The molecule has 0 spiro atoms. The van der Waals surface area contributed by atoms with Gasteiger partial charge in [-0.25, -0.2) is 4.98 Å². The van der Waals surface area contributed by atoms with Crippen LogP contribution in [0.1, 0.15) is 36.8 Å². The van der Waals surface area contributed by atoms with Crippen LogP contribution in [-0.2, 0) is 4.79 Å². The van der Waals surface area contributed by atoms with E-state index in [2.05, 4.69) is 4.98 Å². The summed E-state index contributed by atoms with van der Waals surface area (Å²) in [5.74, 6) is 0.497. The Morgan fingerprint density at radius 2 is 2.20 bits per heavy atom. The van der Waals surface area contributed by atoms with E-state index in [0.29, 0.717) is 0 Å². The largest absolute Gasteiger partial charge is 0.386 e. The Morgan fingerprint density at radius 1 is 1.47 bits per heavy atom. The first-order valence-electron chi connectivity index (χ1n) is 5.34. The summed E-state index contributed by atoms with van der Waals surface area (Å²) in [4.78, 5) is 14.7. The van der Waals surface area contributed by atoms with Gasteiger partial charge in [0.05, 0.1) is 0 Å². The number of nitrogens with zero attached hydrogens (tertiary/aromatic N) is 1. The molecule has 1 atom stereocenters. The summed E-state index contributed by atoms with van der Waals surface area (Å²) in [6.07, 6.45) is 6.03. The van der Waals surface area contributed by atoms with Crippen molar-refractivity contribution in [1.82, 2.24) is 4.98 Å². The number of carbonyl (C=O) groups excluding carboxylic acids is 1. The van der Waals surface area contributed by atoms with Crippen LogP contribution in [0.4, 0.5) is 0 Å². The summed E-state index contributed by atoms with van der Waals surface area (Å²) < 4.78 is 0. The third-order valence-corrected chi connectivity index (χ3v) is 4.01. The fourth-order valence-electron chi connectivity index (χ4n) is 2.18. The van der Waals surface area contributed by atoms with E-state index in [1.54, 1.807) is 6.20 Å². The van der Waals surface area contributed by atoms with E-state index in [0.717, 1.165) is 37.0 Å². The molecule has 0 aliphatic heterocycles. The highest BCUT2D eigenvalue weighted by Gasteiger charge is 2.28. The van der Waals surface area contributed by atoms with Crippen LogP contribution in [0.25, 0.3) is 0 Å². The zero-order valence-electron chi connectivity index (χ0n) is 8.50. The monoisotopic (exact) mass is 225 g/mol. The number of carbonyl (C=O) groups is 1. The van der Waals surface area contributed by atoms with Crippen molar-refractivity contribution in [1.29, 1.82) is 0 Å². The summed E-state index contributed by atoms with van der Waals surface area (Å²) in [6, 6.07) is 0. The second-order valence-electron chi connectivity index (χ2n) is 4.13. The van der Waals surface area contributed by atoms with E-state index < -0.39 is 6.10 Å². The molecule has 1 saturated carbocycles. The smallest absolute Gasteiger partial charge is 0.123 e. The Bertz CT molecular complexity index is 304. The van der Waals surface area contributed by atoms with Crippen LogP contribution >= 0.6 is 11.3 Å². The van der Waals surface area contributed by atoms with Crippen molar-refractivity contribution in [2.45, 2.75) is 31.8 Å². The molecular weight excluding hydrogens is 210 g/mol. The minimum atomic E-state index is -0.433. The van der Waals surface area contributed by atoms with Crippen LogP contribution < -0.4 is 0 Å². The number of thiazole rings is 1. The third kappa shape index (κ3) is 2.44. The van der Waals surface area contributed by atoms with Crippen molar-refractivity contribution < 1.29 is 9.90 Å². The van der Waals surface area contributed by atoms with Crippen LogP contribution in [-0.4, -0.2) is 16.4 Å². The quantitative estimate of drug-likeness (QED) is 0.802. The van der Waals surface area contributed by atoms with Gasteiger partial charge < -0.3 is 9.90 Å². The Labute approximate surface area is 93.2 Å². The number of rotatable bonds is 3. The molecule has 0 radical (unpaired) electrons. The van der Waals surface area contributed by atoms with Crippen LogP contribution in [0, 0.1) is 11.8 Å². The summed E-state index contributed by atoms with van der Waals surface area (Å²) in [6.45, 7) is 0. The molecule has 0 bridgehead atoms. The minimum absolute atomic E-state index is 0.213. The second-order valence-corrected chi connectivity index (χ2v) is 5.05. The predicted octanol–water partition coefficient (Wildman–Crippen LogP) is 2.18. The molecule has 1 aromatic heterocycles. The highest BCUT2D eigenvalue weighted by atomic mass is 32.1. The van der Waals surface area contributed by atoms with Gasteiger partial charge in [0.1, 0.15) is 17.4 Å². The third-order valence-electron chi connectivity index (χ3n) is 3.16. The molecular formula is C11H15NO2S. The molecule has 2 rings (SSSR count). The van der Waals surface area contributed by atoms with Gasteiger partial charge in [0.25, 0.3) is 0 Å². The molecule has 1 aliphatic rings. The van der Waals surface area contributed by atoms with E-state index in [9.17, 15) is 9.90 Å². The first-order valence-corrected chi connectivity index (χ1v) is 6.22. The normalized spacial score (nSPS) is 28.6. The lowest BCUT2D eigenvalue weighted by molar-refractivity contribution is -0.112. The highest BCUT2D eigenvalue weighted by Crippen LogP contribution is 2.36. The van der Waals surface area contributed by atoms with E-state index in [1.807, 2.05) is 5.38 Å². The lowest BCUT2D eigenvalue weighted by Gasteiger charge is -2.28. The SMILES string of the molecule is O=CC1CCC(C(O)c2nccs2)CC1. The lowest BCUT2D eigenvalue weighted by Crippen LogP contribution is -2.20. The summed E-state index contributed by atoms with van der Waals surface area (Å²) in [5.41, 5.74) is 0. The number of aliphatic hydroxyl groups is 1. The maximum atomic E-state index is 10.6. The molecule has 1 aromatic rings. The van der Waals surface area contributed by atoms with Crippen molar-refractivity contribution in [2.24, 2.45) is 11.8 Å². The molecule has 1 fully saturated rings. The summed E-state index contributed by atoms with van der Waals surface area (Å²) >= 11 is 1.50. The van der Waals surface area contributed by atoms with Gasteiger partial charge in [-0.3, -0.25) is 0 Å². The van der Waals surface area contributed by atoms with E-state index >= 15 is 0 Å². The molecule has 1 aliphatic carbocycles. The number of hydrogen-bond acceptors (Lipinski definition) is 4. The van der Waals surface area contributed by atoms with Crippen molar-refractivity contribution in [2.75, 3.05) is 0 Å². The predicted molar refractivity (Wildman–Crippen MR) is 58.6 cm³/mol. The van der Waals surface area contributed by atoms with Crippen LogP contribution in [0.2, 0.25) is 0 Å². The Hall–Kier alpha value is -0.740. The zero-order chi connectivity index (χ0) is 10.7. The molecule has 1 N–H and O–H groups in total. The fraction of sp³-hybridized carbons (Fsp3) is 0.636. The van der Waals surface area contributed by atoms with E-state index in [-0.39, 0.29) is 11.8 Å². The Balaban J connectivity index is 1.93. The van der Waals surface area contributed by atoms with Gasteiger partial charge in [0.2, 0.25) is 0 Å². The molecule has 82 valence electrons. The van der Waals surface area contributed by atoms with Crippen LogP contribution in [0.15, 0.2) is 11.6 Å². The highest BCUT2D eigenvalue weighted by molar-refractivity contribution is 7.09. The molecule has 3 nitrogen and oxygen atoms in total. The standard InChI is InChI=1S/C11H15NO2S/c13-7-8-1-3-9(4-2-8)10(14)11-12-5-6-15-11/h5-10,14H,1-4H2. The maximum Gasteiger partial charge on any atom is 0.123 e. The summed E-state index contributed by atoms with van der Waals surface area (Å²) in [5, 5.41) is 12.7. The average molecular weight is 225 g/mol. The van der Waals surface area contributed by atoms with E-state index in [4.69, 9.17) is 0 Å². The number of aldehydes is 1. The van der Waals surface area contributed by atoms with E-state index in [1.165, 1.54) is 11.3 Å². The van der Waals surface area contributed by atoms with Crippen LogP contribution in [0.3, 0.4) is 0 Å². The molecule has 1 heterocycles. The maximum absolute atomic E-state index is 10.6. The molecule has 4 heteroatoms. The molecule has 1 unspecified atom stereocenters. The molecule has 15 heavy (non-hydrogen) atoms. The van der Waals surface area contributed by atoms with Gasteiger partial charge in [0.15, 0.2) is 0 Å². The Kier molecular flexibility index (Phi) is 3.49. The van der Waals surface area contributed by atoms with Gasteiger partial charge in [-0.1, -0.05) is 0 Å². The summed E-state index contributed by atoms with van der Waals surface area (Å²) in [7, 11) is 0. The van der Waals surface area contributed by atoms with Crippen LogP contribution in [0.5, 0.6) is 0 Å². The Morgan fingerprint density at radius 3 is 2.73 bits per heavy atom. The van der Waals surface area contributed by atoms with Crippen molar-refractivity contribution >= 4 is 17.6 Å². The lowest BCUT2D eigenvalue weighted by atomic mass is 9.80. The van der Waals surface area contributed by atoms with Crippen molar-refractivity contribution in [3.8, 4) is 0 Å². The number of hydrogen-bond donors (Lipinski definition) is 1. The minimum Gasteiger partial charge on any atom is -0.386 e. The first-order chi connectivity index (χ1) is 7.31. The first kappa shape index (κ1) is 10.8. The zero-order valence-corrected chi connectivity index (χ0v) is 9.32. The molecule has 0 amide bonds. The van der Waals surface area contributed by atoms with Gasteiger partial charge in [-0.2, -0.15) is 0 Å². The number of aromatic nitrogens is 1. The van der Waals surface area contributed by atoms with Gasteiger partial charge in [0, 0.05) is 17.5 Å². The van der Waals surface area contributed by atoms with Gasteiger partial charge >= 0.3 is 0 Å². The fourth-order valence-corrected chi connectivity index (χ4v) is 2.89. The average Bonchev–Trinajstić information content (AvgIpc) is 2.82. The molecule has 0 aromatic carbocycles. The van der Waals surface area contributed by atoms with Gasteiger partial charge in [-0.05, 0) is 31.6 Å². The number of aliphatic hydroxyl groups excluding tert-OH is 1. The topological polar surface area (TPSA) is 50.2 Å². The second kappa shape index (κ2) is 4.86.